The molecule has 0 saturated carbocycles. The second-order valence-corrected chi connectivity index (χ2v) is 6.68. The van der Waals surface area contributed by atoms with Gasteiger partial charge in [-0.2, -0.15) is 5.26 Å². The van der Waals surface area contributed by atoms with Crippen molar-refractivity contribution in [2.75, 3.05) is 23.3 Å². The third kappa shape index (κ3) is 3.36. The van der Waals surface area contributed by atoms with Crippen molar-refractivity contribution in [1.82, 2.24) is 15.2 Å². The molecule has 2 aromatic heterocycles. The summed E-state index contributed by atoms with van der Waals surface area (Å²) < 4.78 is 0. The summed E-state index contributed by atoms with van der Waals surface area (Å²) in [5, 5.41) is 20.3. The lowest BCUT2D eigenvalue weighted by Crippen LogP contribution is -2.38. The molecule has 0 aromatic carbocycles. The van der Waals surface area contributed by atoms with Gasteiger partial charge in [-0.1, -0.05) is 11.3 Å². The quantitative estimate of drug-likeness (QED) is 0.919. The van der Waals surface area contributed by atoms with Gasteiger partial charge in [0.15, 0.2) is 0 Å². The van der Waals surface area contributed by atoms with Crippen LogP contribution in [-0.2, 0) is 4.79 Å². The van der Waals surface area contributed by atoms with Crippen molar-refractivity contribution in [1.29, 1.82) is 5.26 Å². The largest absolute Gasteiger partial charge is 0.370 e. The zero-order chi connectivity index (χ0) is 17.1. The van der Waals surface area contributed by atoms with Crippen LogP contribution in [0.15, 0.2) is 11.6 Å². The van der Waals surface area contributed by atoms with Gasteiger partial charge in [0.2, 0.25) is 11.0 Å². The van der Waals surface area contributed by atoms with Crippen molar-refractivity contribution in [3.8, 4) is 6.07 Å². The molecule has 7 nitrogen and oxygen atoms in total. The SMILES string of the molecule is Cc1cc(N2CCC(C(=O)Nc3nncs3)CC2)c(C#N)c(C)n1. The van der Waals surface area contributed by atoms with E-state index >= 15 is 0 Å². The fourth-order valence-electron chi connectivity index (χ4n) is 3.01. The van der Waals surface area contributed by atoms with Gasteiger partial charge < -0.3 is 10.2 Å². The number of pyridine rings is 1. The molecule has 0 bridgehead atoms. The zero-order valence-electron chi connectivity index (χ0n) is 13.6. The highest BCUT2D eigenvalue weighted by molar-refractivity contribution is 7.13. The monoisotopic (exact) mass is 342 g/mol. The van der Waals surface area contributed by atoms with E-state index < -0.39 is 0 Å². The van der Waals surface area contributed by atoms with Crippen LogP contribution in [0.5, 0.6) is 0 Å². The predicted molar refractivity (Wildman–Crippen MR) is 91.9 cm³/mol. The van der Waals surface area contributed by atoms with Crippen LogP contribution in [0, 0.1) is 31.1 Å². The number of carbonyl (C=O) groups is 1. The molecule has 1 aliphatic rings. The average Bonchev–Trinajstić information content (AvgIpc) is 3.07. The Morgan fingerprint density at radius 1 is 1.42 bits per heavy atom. The number of nitrogens with zero attached hydrogens (tertiary/aromatic N) is 5. The van der Waals surface area contributed by atoms with Crippen molar-refractivity contribution in [3.63, 3.8) is 0 Å². The van der Waals surface area contributed by atoms with Crippen molar-refractivity contribution in [2.45, 2.75) is 26.7 Å². The molecule has 0 atom stereocenters. The summed E-state index contributed by atoms with van der Waals surface area (Å²) in [5.41, 5.74) is 4.79. The summed E-state index contributed by atoms with van der Waals surface area (Å²) in [7, 11) is 0. The zero-order valence-corrected chi connectivity index (χ0v) is 14.4. The third-order valence-electron chi connectivity index (χ3n) is 4.22. The van der Waals surface area contributed by atoms with Gasteiger partial charge >= 0.3 is 0 Å². The molecular formula is C16H18N6OS. The van der Waals surface area contributed by atoms with E-state index in [0.29, 0.717) is 10.7 Å². The van der Waals surface area contributed by atoms with Gasteiger partial charge in [-0.25, -0.2) is 0 Å². The number of piperidine rings is 1. The minimum atomic E-state index is -0.0419. The van der Waals surface area contributed by atoms with Crippen LogP contribution < -0.4 is 10.2 Å². The Labute approximate surface area is 144 Å². The molecule has 0 unspecified atom stereocenters. The van der Waals surface area contributed by atoms with Gasteiger partial charge in [0.1, 0.15) is 11.6 Å². The number of aromatic nitrogens is 3. The summed E-state index contributed by atoms with van der Waals surface area (Å²) in [6.07, 6.45) is 1.49. The fourth-order valence-corrected chi connectivity index (χ4v) is 3.46. The van der Waals surface area contributed by atoms with E-state index in [1.807, 2.05) is 19.9 Å². The molecule has 1 amide bonds. The van der Waals surface area contributed by atoms with Crippen molar-refractivity contribution in [2.24, 2.45) is 5.92 Å². The van der Waals surface area contributed by atoms with Gasteiger partial charge in [-0.15, -0.1) is 10.2 Å². The predicted octanol–water partition coefficient (Wildman–Crippen LogP) is 2.28. The number of amides is 1. The molecule has 0 spiro atoms. The normalized spacial score (nSPS) is 15.1. The maximum Gasteiger partial charge on any atom is 0.229 e. The van der Waals surface area contributed by atoms with E-state index in [2.05, 4.69) is 31.5 Å². The number of nitrogens with one attached hydrogen (secondary N) is 1. The van der Waals surface area contributed by atoms with Crippen molar-refractivity contribution in [3.05, 3.63) is 28.5 Å². The van der Waals surface area contributed by atoms with Crippen LogP contribution in [-0.4, -0.2) is 34.2 Å². The first-order valence-electron chi connectivity index (χ1n) is 7.79. The molecule has 1 aliphatic heterocycles. The van der Waals surface area contributed by atoms with Gasteiger partial charge in [-0.05, 0) is 32.8 Å². The van der Waals surface area contributed by atoms with E-state index in [9.17, 15) is 10.1 Å². The molecule has 1 N–H and O–H groups in total. The number of nitriles is 1. The summed E-state index contributed by atoms with van der Waals surface area (Å²) in [6.45, 7) is 5.27. The standard InChI is InChI=1S/C16H18N6OS/c1-10-7-14(13(8-17)11(2)19-10)22-5-3-12(4-6-22)15(23)20-16-21-18-9-24-16/h7,9,12H,3-6H2,1-2H3,(H,20,21,23). The van der Waals surface area contributed by atoms with Crippen LogP contribution in [0.2, 0.25) is 0 Å². The van der Waals surface area contributed by atoms with E-state index in [1.165, 1.54) is 11.3 Å². The lowest BCUT2D eigenvalue weighted by atomic mass is 9.95. The number of anilines is 2. The van der Waals surface area contributed by atoms with Crippen LogP contribution >= 0.6 is 11.3 Å². The Kier molecular flexibility index (Phi) is 4.71. The number of aryl methyl sites for hydroxylation is 2. The van der Waals surface area contributed by atoms with Crippen LogP contribution in [0.3, 0.4) is 0 Å². The fraction of sp³-hybridized carbons (Fsp3) is 0.438. The second kappa shape index (κ2) is 6.93. The molecule has 0 aliphatic carbocycles. The molecule has 2 aromatic rings. The number of hydrogen-bond acceptors (Lipinski definition) is 7. The summed E-state index contributed by atoms with van der Waals surface area (Å²) in [6, 6.07) is 4.21. The number of carbonyl (C=O) groups excluding carboxylic acids is 1. The highest BCUT2D eigenvalue weighted by Crippen LogP contribution is 2.28. The first kappa shape index (κ1) is 16.3. The van der Waals surface area contributed by atoms with Crippen molar-refractivity contribution >= 4 is 28.1 Å². The second-order valence-electron chi connectivity index (χ2n) is 5.85. The Morgan fingerprint density at radius 2 is 2.17 bits per heavy atom. The highest BCUT2D eigenvalue weighted by atomic mass is 32.1. The lowest BCUT2D eigenvalue weighted by molar-refractivity contribution is -0.120. The lowest BCUT2D eigenvalue weighted by Gasteiger charge is -2.33. The van der Waals surface area contributed by atoms with Gasteiger partial charge in [0, 0.05) is 24.7 Å². The average molecular weight is 342 g/mol. The van der Waals surface area contributed by atoms with Crippen LogP contribution in [0.1, 0.15) is 29.8 Å². The minimum Gasteiger partial charge on any atom is -0.370 e. The van der Waals surface area contributed by atoms with Crippen LogP contribution in [0.4, 0.5) is 10.8 Å². The topological polar surface area (TPSA) is 94.8 Å². The molecular weight excluding hydrogens is 324 g/mol. The summed E-state index contributed by atoms with van der Waals surface area (Å²) in [5.74, 6) is -0.0475. The molecule has 0 radical (unpaired) electrons. The minimum absolute atomic E-state index is 0.00556. The number of rotatable bonds is 3. The first-order chi connectivity index (χ1) is 11.6. The maximum atomic E-state index is 12.3. The van der Waals surface area contributed by atoms with Crippen LogP contribution in [0.25, 0.3) is 0 Å². The highest BCUT2D eigenvalue weighted by Gasteiger charge is 2.27. The Morgan fingerprint density at radius 3 is 2.79 bits per heavy atom. The Bertz CT molecular complexity index is 775. The van der Waals surface area contributed by atoms with Gasteiger partial charge in [0.05, 0.1) is 16.9 Å². The van der Waals surface area contributed by atoms with E-state index in [0.717, 1.165) is 43.0 Å². The van der Waals surface area contributed by atoms with Gasteiger partial charge in [0.25, 0.3) is 0 Å². The molecule has 8 heteroatoms. The smallest absolute Gasteiger partial charge is 0.229 e. The molecule has 24 heavy (non-hydrogen) atoms. The molecule has 3 rings (SSSR count). The first-order valence-corrected chi connectivity index (χ1v) is 8.66. The van der Waals surface area contributed by atoms with E-state index in [-0.39, 0.29) is 11.8 Å². The Balaban J connectivity index is 1.67. The van der Waals surface area contributed by atoms with Crippen molar-refractivity contribution < 1.29 is 4.79 Å². The van der Waals surface area contributed by atoms with Gasteiger partial charge in [-0.3, -0.25) is 9.78 Å². The number of hydrogen-bond donors (Lipinski definition) is 1. The maximum absolute atomic E-state index is 12.3. The molecule has 124 valence electrons. The summed E-state index contributed by atoms with van der Waals surface area (Å²) in [4.78, 5) is 18.8. The third-order valence-corrected chi connectivity index (χ3v) is 4.82. The Hall–Kier alpha value is -2.53. The molecule has 1 fully saturated rings. The van der Waals surface area contributed by atoms with E-state index in [4.69, 9.17) is 0 Å². The molecule has 3 heterocycles. The summed E-state index contributed by atoms with van der Waals surface area (Å²) >= 11 is 1.31. The van der Waals surface area contributed by atoms with E-state index in [1.54, 1.807) is 5.51 Å². The molecule has 1 saturated heterocycles.